The molecule has 7 nitrogen and oxygen atoms in total. The minimum absolute atomic E-state index is 0. The Morgan fingerprint density at radius 3 is 2.54 bits per heavy atom. The van der Waals surface area contributed by atoms with Crippen molar-refractivity contribution in [3.63, 3.8) is 0 Å². The Morgan fingerprint density at radius 1 is 1.18 bits per heavy atom. The number of rotatable bonds is 10. The fraction of sp³-hybridized carbons (Fsp3) is 0.550. The van der Waals surface area contributed by atoms with Crippen molar-refractivity contribution in [3.8, 4) is 5.82 Å². The van der Waals surface area contributed by atoms with Crippen molar-refractivity contribution in [2.45, 2.75) is 58.6 Å². The van der Waals surface area contributed by atoms with Crippen LogP contribution in [0.25, 0.3) is 5.82 Å². The average molecular weight is 500 g/mol. The van der Waals surface area contributed by atoms with Gasteiger partial charge in [-0.05, 0) is 43.5 Å². The molecule has 0 aromatic carbocycles. The molecule has 2 aromatic heterocycles. The number of aliphatic imine (C=N–C) groups is 1. The highest BCUT2D eigenvalue weighted by molar-refractivity contribution is 14.0. The Kier molecular flexibility index (Phi) is 11.1. The number of pyridine rings is 1. The maximum absolute atomic E-state index is 10.8. The van der Waals surface area contributed by atoms with E-state index in [1.54, 1.807) is 17.1 Å². The highest BCUT2D eigenvalue weighted by Gasteiger charge is 2.24. The summed E-state index contributed by atoms with van der Waals surface area (Å²) in [6.07, 6.45) is 8.84. The van der Waals surface area contributed by atoms with Crippen LogP contribution in [0.4, 0.5) is 0 Å². The maximum Gasteiger partial charge on any atom is 0.191 e. The third-order valence-corrected chi connectivity index (χ3v) is 4.33. The normalized spacial score (nSPS) is 11.8. The predicted octanol–water partition coefficient (Wildman–Crippen LogP) is 3.27. The molecule has 0 atom stereocenters. The van der Waals surface area contributed by atoms with Crippen LogP contribution in [-0.2, 0) is 6.54 Å². The SMILES string of the molecule is CCCC(O)(CCC)CNC(=NCc1ccnc(-n2cccn2)c1)NCC.I. The standard InChI is InChI=1S/C20H32N6O.HI/c1-4-9-20(27,10-5-2)16-24-19(21-6-3)23-15-17-8-12-22-18(14-17)26-13-7-11-25-26;/h7-8,11-14,27H,4-6,9-10,15-16H2,1-3H3,(H2,21,23,24);1H. The molecule has 8 heteroatoms. The van der Waals surface area contributed by atoms with Gasteiger partial charge >= 0.3 is 0 Å². The van der Waals surface area contributed by atoms with Gasteiger partial charge in [0.1, 0.15) is 0 Å². The molecule has 0 aliphatic carbocycles. The predicted molar refractivity (Wildman–Crippen MR) is 124 cm³/mol. The first-order valence-corrected chi connectivity index (χ1v) is 9.79. The first kappa shape index (κ1) is 24.4. The molecule has 3 N–H and O–H groups in total. The van der Waals surface area contributed by atoms with Gasteiger partial charge in [0, 0.05) is 31.7 Å². The van der Waals surface area contributed by atoms with E-state index in [0.717, 1.165) is 43.6 Å². The molecular weight excluding hydrogens is 467 g/mol. The largest absolute Gasteiger partial charge is 0.388 e. The van der Waals surface area contributed by atoms with Gasteiger partial charge in [-0.15, -0.1) is 24.0 Å². The van der Waals surface area contributed by atoms with Crippen LogP contribution in [0.15, 0.2) is 41.8 Å². The van der Waals surface area contributed by atoms with Crippen molar-refractivity contribution in [1.29, 1.82) is 0 Å². The summed E-state index contributed by atoms with van der Waals surface area (Å²) in [5.41, 5.74) is 0.356. The first-order chi connectivity index (χ1) is 13.1. The molecule has 2 rings (SSSR count). The molecule has 0 amide bonds. The number of halogens is 1. The van der Waals surface area contributed by atoms with Crippen molar-refractivity contribution in [2.24, 2.45) is 4.99 Å². The Hall–Kier alpha value is -1.68. The van der Waals surface area contributed by atoms with E-state index >= 15 is 0 Å². The van der Waals surface area contributed by atoms with Gasteiger partial charge in [-0.3, -0.25) is 0 Å². The smallest absolute Gasteiger partial charge is 0.191 e. The van der Waals surface area contributed by atoms with Crippen molar-refractivity contribution in [2.75, 3.05) is 13.1 Å². The van der Waals surface area contributed by atoms with Crippen LogP contribution < -0.4 is 10.6 Å². The molecule has 2 aromatic rings. The third kappa shape index (κ3) is 7.75. The molecule has 0 saturated carbocycles. The molecule has 0 bridgehead atoms. The average Bonchev–Trinajstić information content (AvgIpc) is 3.19. The molecule has 0 radical (unpaired) electrons. The lowest BCUT2D eigenvalue weighted by Crippen LogP contribution is -2.47. The van der Waals surface area contributed by atoms with Gasteiger partial charge in [-0.25, -0.2) is 14.7 Å². The zero-order valence-electron chi connectivity index (χ0n) is 17.1. The van der Waals surface area contributed by atoms with Crippen LogP contribution in [-0.4, -0.2) is 44.5 Å². The van der Waals surface area contributed by atoms with Crippen molar-refractivity contribution >= 4 is 29.9 Å². The monoisotopic (exact) mass is 500 g/mol. The highest BCUT2D eigenvalue weighted by Crippen LogP contribution is 2.18. The summed E-state index contributed by atoms with van der Waals surface area (Å²) in [5, 5.41) is 21.5. The summed E-state index contributed by atoms with van der Waals surface area (Å²) in [6, 6.07) is 5.79. The summed E-state index contributed by atoms with van der Waals surface area (Å²) in [7, 11) is 0. The van der Waals surface area contributed by atoms with Crippen LogP contribution in [0.1, 0.15) is 52.0 Å². The molecule has 0 fully saturated rings. The highest BCUT2D eigenvalue weighted by atomic mass is 127. The van der Waals surface area contributed by atoms with E-state index in [1.165, 1.54) is 0 Å². The lowest BCUT2D eigenvalue weighted by Gasteiger charge is -2.28. The van der Waals surface area contributed by atoms with Gasteiger partial charge in [-0.2, -0.15) is 5.10 Å². The van der Waals surface area contributed by atoms with Crippen molar-refractivity contribution in [3.05, 3.63) is 42.4 Å². The molecule has 0 aliphatic heterocycles. The number of aromatic nitrogens is 3. The van der Waals surface area contributed by atoms with Crippen LogP contribution in [0.2, 0.25) is 0 Å². The van der Waals surface area contributed by atoms with Crippen LogP contribution in [0.3, 0.4) is 0 Å². The van der Waals surface area contributed by atoms with Gasteiger partial charge in [0.15, 0.2) is 11.8 Å². The molecule has 0 saturated heterocycles. The zero-order valence-corrected chi connectivity index (χ0v) is 19.4. The molecule has 0 aliphatic rings. The summed E-state index contributed by atoms with van der Waals surface area (Å²) in [5.74, 6) is 1.48. The van der Waals surface area contributed by atoms with Crippen LogP contribution in [0.5, 0.6) is 0 Å². The van der Waals surface area contributed by atoms with Crippen LogP contribution in [0, 0.1) is 0 Å². The quantitative estimate of drug-likeness (QED) is 0.265. The van der Waals surface area contributed by atoms with Crippen molar-refractivity contribution < 1.29 is 5.11 Å². The van der Waals surface area contributed by atoms with Gasteiger partial charge in [-0.1, -0.05) is 26.7 Å². The van der Waals surface area contributed by atoms with E-state index < -0.39 is 5.60 Å². The summed E-state index contributed by atoms with van der Waals surface area (Å²) < 4.78 is 1.73. The van der Waals surface area contributed by atoms with E-state index in [1.807, 2.05) is 31.3 Å². The number of hydrogen-bond acceptors (Lipinski definition) is 4. The second kappa shape index (κ2) is 12.7. The van der Waals surface area contributed by atoms with Gasteiger partial charge < -0.3 is 15.7 Å². The van der Waals surface area contributed by atoms with E-state index in [4.69, 9.17) is 0 Å². The number of aliphatic hydroxyl groups is 1. The van der Waals surface area contributed by atoms with Crippen LogP contribution >= 0.6 is 24.0 Å². The summed E-state index contributed by atoms with van der Waals surface area (Å²) >= 11 is 0. The van der Waals surface area contributed by atoms with E-state index in [0.29, 0.717) is 19.0 Å². The molecule has 156 valence electrons. The van der Waals surface area contributed by atoms with Crippen molar-refractivity contribution in [1.82, 2.24) is 25.4 Å². The first-order valence-electron chi connectivity index (χ1n) is 9.79. The molecule has 2 heterocycles. The topological polar surface area (TPSA) is 87.4 Å². The number of nitrogens with one attached hydrogen (secondary N) is 2. The number of hydrogen-bond donors (Lipinski definition) is 3. The second-order valence-electron chi connectivity index (χ2n) is 6.75. The molecule has 0 unspecified atom stereocenters. The molecule has 0 spiro atoms. The van der Waals surface area contributed by atoms with E-state index in [-0.39, 0.29) is 24.0 Å². The zero-order chi connectivity index (χ0) is 19.5. The Balaban J connectivity index is 0.00000392. The van der Waals surface area contributed by atoms with Gasteiger partial charge in [0.05, 0.1) is 12.1 Å². The Morgan fingerprint density at radius 2 is 1.93 bits per heavy atom. The third-order valence-electron chi connectivity index (χ3n) is 4.33. The minimum atomic E-state index is -0.691. The summed E-state index contributed by atoms with van der Waals surface area (Å²) in [4.78, 5) is 9.00. The van der Waals surface area contributed by atoms with E-state index in [2.05, 4.69) is 39.6 Å². The maximum atomic E-state index is 10.8. The Bertz CT molecular complexity index is 698. The number of guanidine groups is 1. The second-order valence-corrected chi connectivity index (χ2v) is 6.75. The number of nitrogens with zero attached hydrogens (tertiary/aromatic N) is 4. The molecule has 28 heavy (non-hydrogen) atoms. The van der Waals surface area contributed by atoms with Gasteiger partial charge in [0.2, 0.25) is 0 Å². The van der Waals surface area contributed by atoms with E-state index in [9.17, 15) is 5.11 Å². The van der Waals surface area contributed by atoms with Gasteiger partial charge in [0.25, 0.3) is 0 Å². The lowest BCUT2D eigenvalue weighted by atomic mass is 9.93. The Labute approximate surface area is 185 Å². The molecular formula is C20H33IN6O. The summed E-state index contributed by atoms with van der Waals surface area (Å²) in [6.45, 7) is 8.01. The fourth-order valence-electron chi connectivity index (χ4n) is 3.08. The lowest BCUT2D eigenvalue weighted by molar-refractivity contribution is 0.0257. The fourth-order valence-corrected chi connectivity index (χ4v) is 3.08. The minimum Gasteiger partial charge on any atom is -0.388 e.